The Hall–Kier alpha value is -2.02. The van der Waals surface area contributed by atoms with E-state index in [1.54, 1.807) is 31.2 Å². The van der Waals surface area contributed by atoms with Crippen LogP contribution in [0.3, 0.4) is 0 Å². The molecule has 27 heavy (non-hydrogen) atoms. The lowest BCUT2D eigenvalue weighted by Gasteiger charge is -2.23. The van der Waals surface area contributed by atoms with E-state index < -0.39 is 5.97 Å². The van der Waals surface area contributed by atoms with Gasteiger partial charge in [0.15, 0.2) is 0 Å². The molecule has 1 amide bonds. The predicted octanol–water partition coefficient (Wildman–Crippen LogP) is 4.37. The maximum absolute atomic E-state index is 12.8. The van der Waals surface area contributed by atoms with Gasteiger partial charge in [0.05, 0.1) is 36.2 Å². The molecule has 144 valence electrons. The Bertz CT molecular complexity index is 837. The minimum atomic E-state index is -0.424. The van der Waals surface area contributed by atoms with Gasteiger partial charge in [0.2, 0.25) is 5.91 Å². The molecular formula is C19H20Cl2N2O4. The molecule has 0 saturated carbocycles. The van der Waals surface area contributed by atoms with Gasteiger partial charge >= 0.3 is 5.97 Å². The van der Waals surface area contributed by atoms with E-state index in [4.69, 9.17) is 32.4 Å². The van der Waals surface area contributed by atoms with E-state index in [0.29, 0.717) is 46.6 Å². The molecule has 1 aromatic carbocycles. The molecule has 2 aromatic rings. The Morgan fingerprint density at radius 3 is 2.93 bits per heavy atom. The number of halogens is 2. The first kappa shape index (κ1) is 19.7. The molecule has 1 aliphatic rings. The summed E-state index contributed by atoms with van der Waals surface area (Å²) in [5.74, 6) is -0.0954. The van der Waals surface area contributed by atoms with Crippen LogP contribution in [-0.4, -0.2) is 36.0 Å². The Morgan fingerprint density at radius 2 is 2.15 bits per heavy atom. The molecule has 1 N–H and O–H groups in total. The molecule has 1 aromatic heterocycles. The summed E-state index contributed by atoms with van der Waals surface area (Å²) < 4.78 is 10.5. The smallest absolute Gasteiger partial charge is 0.341 e. The number of furan rings is 1. The van der Waals surface area contributed by atoms with Gasteiger partial charge in [0.25, 0.3) is 0 Å². The summed E-state index contributed by atoms with van der Waals surface area (Å²) in [6.45, 7) is 3.12. The standard InChI is InChI=1S/C19H20Cl2N2O4/c1-2-26-19(25)13-7-9-27-17(13)11-23-8-3-4-16(23)18(24)22-15-10-12(20)5-6-14(15)21/h5-7,9-10,16H,2-4,8,11H2,1H3,(H,22,24). The van der Waals surface area contributed by atoms with Crippen LogP contribution in [0.15, 0.2) is 34.9 Å². The van der Waals surface area contributed by atoms with Crippen LogP contribution in [0, 0.1) is 0 Å². The number of nitrogens with one attached hydrogen (secondary N) is 1. The summed E-state index contributed by atoms with van der Waals surface area (Å²) in [5.41, 5.74) is 0.868. The quantitative estimate of drug-likeness (QED) is 0.715. The Balaban J connectivity index is 1.70. The minimum absolute atomic E-state index is 0.166. The lowest BCUT2D eigenvalue weighted by molar-refractivity contribution is -0.120. The number of hydrogen-bond donors (Lipinski definition) is 1. The summed E-state index contributed by atoms with van der Waals surface area (Å²) >= 11 is 12.1. The van der Waals surface area contributed by atoms with Crippen molar-refractivity contribution in [1.29, 1.82) is 0 Å². The third-order valence-corrected chi connectivity index (χ3v) is 5.00. The zero-order valence-corrected chi connectivity index (χ0v) is 16.3. The third kappa shape index (κ3) is 4.64. The fourth-order valence-electron chi connectivity index (χ4n) is 3.16. The summed E-state index contributed by atoms with van der Waals surface area (Å²) in [5, 5.41) is 3.76. The number of carbonyl (C=O) groups is 2. The van der Waals surface area contributed by atoms with E-state index in [2.05, 4.69) is 5.32 Å². The van der Waals surface area contributed by atoms with Crippen LogP contribution in [0.2, 0.25) is 10.0 Å². The van der Waals surface area contributed by atoms with Gasteiger partial charge < -0.3 is 14.5 Å². The zero-order chi connectivity index (χ0) is 19.4. The molecule has 1 unspecified atom stereocenters. The van der Waals surface area contributed by atoms with Crippen molar-refractivity contribution in [3.8, 4) is 0 Å². The minimum Gasteiger partial charge on any atom is -0.467 e. The molecule has 1 saturated heterocycles. The van der Waals surface area contributed by atoms with Crippen LogP contribution < -0.4 is 5.32 Å². The number of hydrogen-bond acceptors (Lipinski definition) is 5. The first-order valence-corrected chi connectivity index (χ1v) is 9.48. The summed E-state index contributed by atoms with van der Waals surface area (Å²) in [6, 6.07) is 6.16. The van der Waals surface area contributed by atoms with Crippen LogP contribution in [-0.2, 0) is 16.1 Å². The fourth-order valence-corrected chi connectivity index (χ4v) is 3.50. The number of amides is 1. The van der Waals surface area contributed by atoms with Crippen LogP contribution in [0.4, 0.5) is 5.69 Å². The molecule has 1 atom stereocenters. The maximum atomic E-state index is 12.8. The second kappa shape index (κ2) is 8.78. The number of anilines is 1. The molecule has 0 spiro atoms. The molecule has 1 fully saturated rings. The highest BCUT2D eigenvalue weighted by atomic mass is 35.5. The van der Waals surface area contributed by atoms with Gasteiger partial charge in [-0.2, -0.15) is 0 Å². The number of nitrogens with zero attached hydrogens (tertiary/aromatic N) is 1. The number of carbonyl (C=O) groups excluding carboxylic acids is 2. The molecule has 0 bridgehead atoms. The average Bonchev–Trinajstić information content (AvgIpc) is 3.28. The average molecular weight is 411 g/mol. The van der Waals surface area contributed by atoms with Crippen molar-refractivity contribution < 1.29 is 18.7 Å². The number of benzene rings is 1. The predicted molar refractivity (Wildman–Crippen MR) is 103 cm³/mol. The zero-order valence-electron chi connectivity index (χ0n) is 14.8. The summed E-state index contributed by atoms with van der Waals surface area (Å²) in [7, 11) is 0. The third-order valence-electron chi connectivity index (χ3n) is 4.44. The summed E-state index contributed by atoms with van der Waals surface area (Å²) in [4.78, 5) is 26.8. The van der Waals surface area contributed by atoms with Crippen LogP contribution in [0.25, 0.3) is 0 Å². The van der Waals surface area contributed by atoms with Crippen molar-refractivity contribution in [3.63, 3.8) is 0 Å². The van der Waals surface area contributed by atoms with Crippen molar-refractivity contribution in [2.75, 3.05) is 18.5 Å². The van der Waals surface area contributed by atoms with Crippen molar-refractivity contribution in [2.45, 2.75) is 32.4 Å². The second-order valence-electron chi connectivity index (χ2n) is 6.22. The lowest BCUT2D eigenvalue weighted by atomic mass is 10.2. The topological polar surface area (TPSA) is 71.8 Å². The molecule has 0 aliphatic carbocycles. The van der Waals surface area contributed by atoms with E-state index in [0.717, 1.165) is 13.0 Å². The molecule has 8 heteroatoms. The van der Waals surface area contributed by atoms with Crippen LogP contribution in [0.5, 0.6) is 0 Å². The van der Waals surface area contributed by atoms with Crippen molar-refractivity contribution in [3.05, 3.63) is 51.9 Å². The van der Waals surface area contributed by atoms with E-state index in [9.17, 15) is 9.59 Å². The summed E-state index contributed by atoms with van der Waals surface area (Å²) in [6.07, 6.45) is 3.04. The largest absolute Gasteiger partial charge is 0.467 e. The van der Waals surface area contributed by atoms with Crippen molar-refractivity contribution >= 4 is 40.8 Å². The number of rotatable bonds is 6. The first-order chi connectivity index (χ1) is 13.0. The molecular weight excluding hydrogens is 391 g/mol. The van der Waals surface area contributed by atoms with E-state index in [1.807, 2.05) is 4.90 Å². The van der Waals surface area contributed by atoms with Gasteiger partial charge in [-0.25, -0.2) is 4.79 Å². The number of likely N-dealkylation sites (tertiary alicyclic amines) is 1. The van der Waals surface area contributed by atoms with Gasteiger partial charge in [-0.1, -0.05) is 23.2 Å². The molecule has 6 nitrogen and oxygen atoms in total. The van der Waals surface area contributed by atoms with Gasteiger partial charge in [-0.3, -0.25) is 9.69 Å². The van der Waals surface area contributed by atoms with Crippen LogP contribution >= 0.6 is 23.2 Å². The van der Waals surface area contributed by atoms with E-state index in [-0.39, 0.29) is 11.9 Å². The molecule has 2 heterocycles. The maximum Gasteiger partial charge on any atom is 0.341 e. The van der Waals surface area contributed by atoms with Crippen molar-refractivity contribution in [1.82, 2.24) is 4.90 Å². The van der Waals surface area contributed by atoms with Gasteiger partial charge in [-0.15, -0.1) is 0 Å². The number of esters is 1. The Morgan fingerprint density at radius 1 is 1.33 bits per heavy atom. The van der Waals surface area contributed by atoms with Gasteiger partial charge in [0.1, 0.15) is 11.3 Å². The molecule has 3 rings (SSSR count). The van der Waals surface area contributed by atoms with Crippen LogP contribution in [0.1, 0.15) is 35.9 Å². The van der Waals surface area contributed by atoms with Gasteiger partial charge in [-0.05, 0) is 50.6 Å². The fraction of sp³-hybridized carbons (Fsp3) is 0.368. The SMILES string of the molecule is CCOC(=O)c1ccoc1CN1CCCC1C(=O)Nc1cc(Cl)ccc1Cl. The Labute approximate surface area is 167 Å². The lowest BCUT2D eigenvalue weighted by Crippen LogP contribution is -2.39. The molecule has 0 radical (unpaired) electrons. The normalized spacial score (nSPS) is 17.1. The molecule has 1 aliphatic heterocycles. The second-order valence-corrected chi connectivity index (χ2v) is 7.06. The van der Waals surface area contributed by atoms with E-state index >= 15 is 0 Å². The highest BCUT2D eigenvalue weighted by Crippen LogP contribution is 2.28. The Kier molecular flexibility index (Phi) is 6.42. The highest BCUT2D eigenvalue weighted by molar-refractivity contribution is 6.35. The first-order valence-electron chi connectivity index (χ1n) is 8.73. The monoisotopic (exact) mass is 410 g/mol. The number of ether oxygens (including phenoxy) is 1. The van der Waals surface area contributed by atoms with Gasteiger partial charge in [0, 0.05) is 5.02 Å². The van der Waals surface area contributed by atoms with E-state index in [1.165, 1.54) is 6.26 Å². The highest BCUT2D eigenvalue weighted by Gasteiger charge is 2.32. The van der Waals surface area contributed by atoms with Crippen molar-refractivity contribution in [2.24, 2.45) is 0 Å².